The number of anilines is 1. The van der Waals surface area contributed by atoms with E-state index < -0.39 is 10.0 Å². The van der Waals surface area contributed by atoms with Crippen LogP contribution < -0.4 is 10.5 Å². The topological polar surface area (TPSA) is 81.4 Å². The van der Waals surface area contributed by atoms with Crippen LogP contribution in [-0.4, -0.2) is 27.7 Å². The molecular weight excluding hydrogens is 276 g/mol. The second-order valence-electron chi connectivity index (χ2n) is 5.06. The highest BCUT2D eigenvalue weighted by Crippen LogP contribution is 2.27. The molecular formula is C14H24N2O3S. The average Bonchev–Trinajstić information content (AvgIpc) is 2.32. The molecule has 114 valence electrons. The maximum Gasteiger partial charge on any atom is 0.241 e. The Bertz CT molecular complexity index is 583. The number of rotatable bonds is 6. The van der Waals surface area contributed by atoms with Crippen LogP contribution in [-0.2, 0) is 14.8 Å². The first-order valence-corrected chi connectivity index (χ1v) is 8.15. The molecule has 0 heterocycles. The molecule has 1 aromatic rings. The summed E-state index contributed by atoms with van der Waals surface area (Å²) in [5, 5.41) is 0. The molecule has 0 fully saturated rings. The summed E-state index contributed by atoms with van der Waals surface area (Å²) in [6.45, 7) is 9.93. The highest BCUT2D eigenvalue weighted by atomic mass is 32.2. The molecule has 0 aliphatic carbocycles. The van der Waals surface area contributed by atoms with Gasteiger partial charge in [-0.05, 0) is 51.3 Å². The Balaban J connectivity index is 3.14. The van der Waals surface area contributed by atoms with Crippen molar-refractivity contribution in [1.29, 1.82) is 0 Å². The third-order valence-electron chi connectivity index (χ3n) is 3.16. The van der Waals surface area contributed by atoms with Crippen LogP contribution in [0.3, 0.4) is 0 Å². The van der Waals surface area contributed by atoms with Gasteiger partial charge in [0.05, 0.1) is 11.5 Å². The highest BCUT2D eigenvalue weighted by molar-refractivity contribution is 7.89. The zero-order valence-electron chi connectivity index (χ0n) is 12.8. The Kier molecular flexibility index (Phi) is 5.56. The van der Waals surface area contributed by atoms with Gasteiger partial charge in [-0.1, -0.05) is 6.07 Å². The van der Waals surface area contributed by atoms with Gasteiger partial charge < -0.3 is 10.5 Å². The predicted molar refractivity (Wildman–Crippen MR) is 81.3 cm³/mol. The summed E-state index contributed by atoms with van der Waals surface area (Å²) in [5.74, 6) is 0. The van der Waals surface area contributed by atoms with Gasteiger partial charge in [0, 0.05) is 18.3 Å². The van der Waals surface area contributed by atoms with Crippen LogP contribution in [0.2, 0.25) is 0 Å². The summed E-state index contributed by atoms with van der Waals surface area (Å²) < 4.78 is 32.8. The SMILES string of the molecule is CCOCC(C)NS(=O)(=O)c1c(C)cc(C)c(N)c1C. The van der Waals surface area contributed by atoms with Crippen LogP contribution in [0.5, 0.6) is 0 Å². The summed E-state index contributed by atoms with van der Waals surface area (Å²) >= 11 is 0. The minimum atomic E-state index is -3.60. The fraction of sp³-hybridized carbons (Fsp3) is 0.571. The molecule has 0 aromatic heterocycles. The second kappa shape index (κ2) is 6.56. The number of nitrogen functional groups attached to an aromatic ring is 1. The van der Waals surface area contributed by atoms with Gasteiger partial charge in [0.1, 0.15) is 0 Å². The number of hydrogen-bond acceptors (Lipinski definition) is 4. The Morgan fingerprint density at radius 1 is 1.30 bits per heavy atom. The second-order valence-corrected chi connectivity index (χ2v) is 6.71. The van der Waals surface area contributed by atoms with E-state index >= 15 is 0 Å². The van der Waals surface area contributed by atoms with Gasteiger partial charge in [0.15, 0.2) is 0 Å². The van der Waals surface area contributed by atoms with Crippen molar-refractivity contribution >= 4 is 15.7 Å². The van der Waals surface area contributed by atoms with Crippen molar-refractivity contribution in [3.63, 3.8) is 0 Å². The van der Waals surface area contributed by atoms with Crippen LogP contribution in [0.1, 0.15) is 30.5 Å². The van der Waals surface area contributed by atoms with E-state index in [1.54, 1.807) is 26.8 Å². The minimum absolute atomic E-state index is 0.268. The van der Waals surface area contributed by atoms with Crippen LogP contribution in [0.15, 0.2) is 11.0 Å². The molecule has 0 amide bonds. The van der Waals surface area contributed by atoms with E-state index in [0.717, 1.165) is 5.56 Å². The first-order valence-electron chi connectivity index (χ1n) is 6.67. The van der Waals surface area contributed by atoms with Crippen molar-refractivity contribution in [2.24, 2.45) is 0 Å². The van der Waals surface area contributed by atoms with E-state index in [1.807, 2.05) is 13.8 Å². The molecule has 3 N–H and O–H groups in total. The molecule has 6 heteroatoms. The molecule has 0 saturated heterocycles. The van der Waals surface area contributed by atoms with Crippen LogP contribution in [0.25, 0.3) is 0 Å². The van der Waals surface area contributed by atoms with Crippen LogP contribution >= 0.6 is 0 Å². The lowest BCUT2D eigenvalue weighted by Crippen LogP contribution is -2.36. The number of nitrogens with one attached hydrogen (secondary N) is 1. The summed E-state index contributed by atoms with van der Waals surface area (Å²) in [4.78, 5) is 0.268. The normalized spacial score (nSPS) is 13.4. The van der Waals surface area contributed by atoms with Gasteiger partial charge in [-0.25, -0.2) is 13.1 Å². The molecule has 5 nitrogen and oxygen atoms in total. The van der Waals surface area contributed by atoms with Crippen LogP contribution in [0.4, 0.5) is 5.69 Å². The van der Waals surface area contributed by atoms with E-state index in [0.29, 0.717) is 30.0 Å². The van der Waals surface area contributed by atoms with Crippen LogP contribution in [0, 0.1) is 20.8 Å². The van der Waals surface area contributed by atoms with Gasteiger partial charge in [-0.2, -0.15) is 0 Å². The Morgan fingerprint density at radius 2 is 1.90 bits per heavy atom. The number of hydrogen-bond donors (Lipinski definition) is 2. The Hall–Kier alpha value is -1.11. The largest absolute Gasteiger partial charge is 0.398 e. The van der Waals surface area contributed by atoms with E-state index in [-0.39, 0.29) is 10.9 Å². The molecule has 0 bridgehead atoms. The quantitative estimate of drug-likeness (QED) is 0.786. The summed E-state index contributed by atoms with van der Waals surface area (Å²) in [6, 6.07) is 1.51. The van der Waals surface area contributed by atoms with Crippen molar-refractivity contribution in [1.82, 2.24) is 4.72 Å². The van der Waals surface area contributed by atoms with Gasteiger partial charge in [0.25, 0.3) is 0 Å². The smallest absolute Gasteiger partial charge is 0.241 e. The monoisotopic (exact) mass is 300 g/mol. The summed E-state index contributed by atoms with van der Waals surface area (Å²) in [6.07, 6.45) is 0. The minimum Gasteiger partial charge on any atom is -0.398 e. The molecule has 0 aliphatic heterocycles. The molecule has 1 rings (SSSR count). The zero-order valence-corrected chi connectivity index (χ0v) is 13.6. The lowest BCUT2D eigenvalue weighted by molar-refractivity contribution is 0.133. The first-order chi connectivity index (χ1) is 9.20. The summed E-state index contributed by atoms with van der Waals surface area (Å²) in [5.41, 5.74) is 8.65. The number of benzene rings is 1. The van der Waals surface area contributed by atoms with Gasteiger partial charge in [-0.15, -0.1) is 0 Å². The molecule has 20 heavy (non-hydrogen) atoms. The molecule has 0 saturated carbocycles. The van der Waals surface area contributed by atoms with Crippen molar-refractivity contribution < 1.29 is 13.2 Å². The first kappa shape index (κ1) is 16.9. The van der Waals surface area contributed by atoms with Gasteiger partial charge in [0.2, 0.25) is 10.0 Å². The Labute approximate surface area is 121 Å². The fourth-order valence-corrected chi connectivity index (χ4v) is 3.96. The zero-order chi connectivity index (χ0) is 15.5. The van der Waals surface area contributed by atoms with Crippen molar-refractivity contribution in [3.05, 3.63) is 22.8 Å². The average molecular weight is 300 g/mol. The molecule has 1 aromatic carbocycles. The Morgan fingerprint density at radius 3 is 2.45 bits per heavy atom. The predicted octanol–water partition coefficient (Wildman–Crippen LogP) is 1.90. The maximum atomic E-state index is 12.5. The van der Waals surface area contributed by atoms with E-state index in [4.69, 9.17) is 10.5 Å². The molecule has 0 spiro atoms. The molecule has 0 radical (unpaired) electrons. The number of ether oxygens (including phenoxy) is 1. The third kappa shape index (κ3) is 3.71. The molecule has 1 atom stereocenters. The van der Waals surface area contributed by atoms with E-state index in [9.17, 15) is 8.42 Å². The van der Waals surface area contributed by atoms with Crippen molar-refractivity contribution in [2.75, 3.05) is 18.9 Å². The lowest BCUT2D eigenvalue weighted by atomic mass is 10.1. The lowest BCUT2D eigenvalue weighted by Gasteiger charge is -2.18. The number of aryl methyl sites for hydroxylation is 2. The molecule has 1 unspecified atom stereocenters. The number of nitrogens with two attached hydrogens (primary N) is 1. The summed E-state index contributed by atoms with van der Waals surface area (Å²) in [7, 11) is -3.60. The van der Waals surface area contributed by atoms with E-state index in [2.05, 4.69) is 4.72 Å². The van der Waals surface area contributed by atoms with Gasteiger partial charge in [-0.3, -0.25) is 0 Å². The van der Waals surface area contributed by atoms with Crippen molar-refractivity contribution in [2.45, 2.75) is 45.6 Å². The van der Waals surface area contributed by atoms with Gasteiger partial charge >= 0.3 is 0 Å². The third-order valence-corrected chi connectivity index (χ3v) is 5.04. The highest BCUT2D eigenvalue weighted by Gasteiger charge is 2.23. The van der Waals surface area contributed by atoms with E-state index in [1.165, 1.54) is 0 Å². The standard InChI is InChI=1S/C14H24N2O3S/c1-6-19-8-11(4)16-20(17,18)14-10(3)7-9(2)13(15)12(14)5/h7,11,16H,6,8,15H2,1-5H3. The molecule has 0 aliphatic rings. The maximum absolute atomic E-state index is 12.5. The fourth-order valence-electron chi connectivity index (χ4n) is 2.25. The number of sulfonamides is 1. The van der Waals surface area contributed by atoms with Crippen molar-refractivity contribution in [3.8, 4) is 0 Å².